The molecular weight excluding hydrogens is 309 g/mol. The van der Waals surface area contributed by atoms with Gasteiger partial charge in [0.2, 0.25) is 5.91 Å². The summed E-state index contributed by atoms with van der Waals surface area (Å²) in [5.41, 5.74) is 0.453. The summed E-state index contributed by atoms with van der Waals surface area (Å²) in [7, 11) is 1.81. The molecule has 1 saturated carbocycles. The second-order valence-corrected chi connectivity index (χ2v) is 7.26. The number of thiophene rings is 1. The lowest BCUT2D eigenvalue weighted by Gasteiger charge is -2.23. The molecule has 0 spiro atoms. The molecule has 1 amide bonds. The molecule has 0 aliphatic heterocycles. The van der Waals surface area contributed by atoms with Crippen LogP contribution >= 0.6 is 22.9 Å². The van der Waals surface area contributed by atoms with Gasteiger partial charge in [-0.25, -0.2) is 4.39 Å². The molecule has 2 aromatic rings. The first kappa shape index (κ1) is 14.5. The molecular formula is C16H15ClFNOS. The Morgan fingerprint density at radius 1 is 1.29 bits per heavy atom. The van der Waals surface area contributed by atoms with E-state index < -0.39 is 5.41 Å². The summed E-state index contributed by atoms with van der Waals surface area (Å²) >= 11 is 7.40. The molecule has 21 heavy (non-hydrogen) atoms. The van der Waals surface area contributed by atoms with Gasteiger partial charge in [0.25, 0.3) is 0 Å². The van der Waals surface area contributed by atoms with E-state index in [-0.39, 0.29) is 11.7 Å². The van der Waals surface area contributed by atoms with Crippen LogP contribution in [0.15, 0.2) is 36.4 Å². The zero-order valence-corrected chi connectivity index (χ0v) is 13.2. The Morgan fingerprint density at radius 2 is 1.95 bits per heavy atom. The Morgan fingerprint density at radius 3 is 2.48 bits per heavy atom. The third-order valence-corrected chi connectivity index (χ3v) is 5.14. The topological polar surface area (TPSA) is 20.3 Å². The molecule has 0 bridgehead atoms. The van der Waals surface area contributed by atoms with Crippen LogP contribution in [-0.2, 0) is 16.8 Å². The quantitative estimate of drug-likeness (QED) is 0.824. The van der Waals surface area contributed by atoms with Gasteiger partial charge in [-0.15, -0.1) is 11.3 Å². The Bertz CT molecular complexity index is 663. The molecule has 0 saturated heterocycles. The maximum Gasteiger partial charge on any atom is 0.233 e. The molecule has 5 heteroatoms. The summed E-state index contributed by atoms with van der Waals surface area (Å²) in [6.07, 6.45) is 1.65. The summed E-state index contributed by atoms with van der Waals surface area (Å²) in [5, 5.41) is 0. The molecule has 1 fully saturated rings. The Balaban J connectivity index is 1.76. The van der Waals surface area contributed by atoms with Crippen LogP contribution < -0.4 is 0 Å². The monoisotopic (exact) mass is 323 g/mol. The van der Waals surface area contributed by atoms with Crippen molar-refractivity contribution in [3.8, 4) is 0 Å². The number of hydrogen-bond acceptors (Lipinski definition) is 2. The number of benzene rings is 1. The van der Waals surface area contributed by atoms with Gasteiger partial charge in [-0.2, -0.15) is 0 Å². The number of carbonyl (C=O) groups excluding carboxylic acids is 1. The third-order valence-electron chi connectivity index (χ3n) is 3.92. The highest BCUT2D eigenvalue weighted by atomic mass is 35.5. The van der Waals surface area contributed by atoms with Gasteiger partial charge in [-0.05, 0) is 42.7 Å². The van der Waals surface area contributed by atoms with E-state index in [9.17, 15) is 9.18 Å². The summed E-state index contributed by atoms with van der Waals surface area (Å²) < 4.78 is 13.8. The molecule has 0 N–H and O–H groups in total. The van der Waals surface area contributed by atoms with E-state index in [2.05, 4.69) is 0 Å². The molecule has 0 radical (unpaired) electrons. The minimum Gasteiger partial charge on any atom is -0.340 e. The van der Waals surface area contributed by atoms with Crippen molar-refractivity contribution in [1.82, 2.24) is 4.90 Å². The first-order chi connectivity index (χ1) is 10.0. The van der Waals surface area contributed by atoms with E-state index in [0.29, 0.717) is 6.54 Å². The van der Waals surface area contributed by atoms with E-state index >= 15 is 0 Å². The standard InChI is InChI=1S/C16H15ClFNOS/c1-19(10-13-6-7-14(17)21-13)15(20)16(8-9-16)11-2-4-12(18)5-3-11/h2-7H,8-10H2,1H3. The van der Waals surface area contributed by atoms with E-state index in [4.69, 9.17) is 11.6 Å². The summed E-state index contributed by atoms with van der Waals surface area (Å²) in [6.45, 7) is 0.555. The summed E-state index contributed by atoms with van der Waals surface area (Å²) in [4.78, 5) is 15.5. The van der Waals surface area contributed by atoms with Crippen LogP contribution in [0.5, 0.6) is 0 Å². The third kappa shape index (κ3) is 2.83. The Kier molecular flexibility index (Phi) is 3.76. The first-order valence-corrected chi connectivity index (χ1v) is 7.96. The Hall–Kier alpha value is -1.39. The van der Waals surface area contributed by atoms with Crippen LogP contribution in [0.4, 0.5) is 4.39 Å². The molecule has 0 atom stereocenters. The van der Waals surface area contributed by atoms with Crippen LogP contribution in [-0.4, -0.2) is 17.9 Å². The summed E-state index contributed by atoms with van der Waals surface area (Å²) in [6, 6.07) is 10.1. The number of rotatable bonds is 4. The van der Waals surface area contributed by atoms with Crippen LogP contribution in [0.1, 0.15) is 23.3 Å². The molecule has 1 aliphatic rings. The molecule has 1 aromatic heterocycles. The van der Waals surface area contributed by atoms with Crippen molar-refractivity contribution >= 4 is 28.8 Å². The molecule has 110 valence electrons. The van der Waals surface area contributed by atoms with E-state index in [1.54, 1.807) is 24.1 Å². The van der Waals surface area contributed by atoms with E-state index in [1.165, 1.54) is 23.5 Å². The van der Waals surface area contributed by atoms with Crippen LogP contribution in [0.25, 0.3) is 0 Å². The van der Waals surface area contributed by atoms with Gasteiger partial charge >= 0.3 is 0 Å². The van der Waals surface area contributed by atoms with Crippen molar-refractivity contribution in [3.05, 3.63) is 57.0 Å². The van der Waals surface area contributed by atoms with Crippen molar-refractivity contribution < 1.29 is 9.18 Å². The minimum atomic E-state index is -0.455. The van der Waals surface area contributed by atoms with E-state index in [0.717, 1.165) is 27.6 Å². The predicted octanol–water partition coefficient (Wildman–Crippen LogP) is 4.23. The molecule has 1 aromatic carbocycles. The largest absolute Gasteiger partial charge is 0.340 e. The normalized spacial score (nSPS) is 15.8. The van der Waals surface area contributed by atoms with Crippen LogP contribution in [0.3, 0.4) is 0 Å². The van der Waals surface area contributed by atoms with Gasteiger partial charge in [0.05, 0.1) is 16.3 Å². The maximum atomic E-state index is 13.0. The number of hydrogen-bond donors (Lipinski definition) is 0. The number of amides is 1. The van der Waals surface area contributed by atoms with Crippen LogP contribution in [0, 0.1) is 5.82 Å². The van der Waals surface area contributed by atoms with Crippen molar-refractivity contribution in [2.45, 2.75) is 24.8 Å². The molecule has 1 aliphatic carbocycles. The van der Waals surface area contributed by atoms with Gasteiger partial charge in [-0.3, -0.25) is 4.79 Å². The number of likely N-dealkylation sites (N-methyl/N-ethyl adjacent to an activating group) is 1. The highest BCUT2D eigenvalue weighted by Gasteiger charge is 2.52. The number of carbonyl (C=O) groups is 1. The summed E-state index contributed by atoms with van der Waals surface area (Å²) in [5.74, 6) is -0.179. The zero-order chi connectivity index (χ0) is 15.0. The molecule has 0 unspecified atom stereocenters. The van der Waals surface area contributed by atoms with Crippen molar-refractivity contribution in [3.63, 3.8) is 0 Å². The van der Waals surface area contributed by atoms with Crippen molar-refractivity contribution in [2.24, 2.45) is 0 Å². The smallest absolute Gasteiger partial charge is 0.233 e. The highest BCUT2D eigenvalue weighted by Crippen LogP contribution is 2.49. The lowest BCUT2D eigenvalue weighted by molar-refractivity contribution is -0.133. The average Bonchev–Trinajstić information content (AvgIpc) is 3.17. The van der Waals surface area contributed by atoms with E-state index in [1.807, 2.05) is 12.1 Å². The Labute approximate surface area is 132 Å². The van der Waals surface area contributed by atoms with Gasteiger partial charge in [0, 0.05) is 11.9 Å². The fourth-order valence-electron chi connectivity index (χ4n) is 2.63. The first-order valence-electron chi connectivity index (χ1n) is 6.77. The number of nitrogens with zero attached hydrogens (tertiary/aromatic N) is 1. The second kappa shape index (κ2) is 5.43. The van der Waals surface area contributed by atoms with Crippen LogP contribution in [0.2, 0.25) is 4.34 Å². The average molecular weight is 324 g/mol. The lowest BCUT2D eigenvalue weighted by atomic mass is 9.94. The molecule has 2 nitrogen and oxygen atoms in total. The van der Waals surface area contributed by atoms with Gasteiger partial charge in [0.15, 0.2) is 0 Å². The maximum absolute atomic E-state index is 13.0. The minimum absolute atomic E-state index is 0.0960. The number of halogens is 2. The fraction of sp³-hybridized carbons (Fsp3) is 0.312. The van der Waals surface area contributed by atoms with Gasteiger partial charge in [-0.1, -0.05) is 23.7 Å². The lowest BCUT2D eigenvalue weighted by Crippen LogP contribution is -2.35. The van der Waals surface area contributed by atoms with Gasteiger partial charge < -0.3 is 4.90 Å². The van der Waals surface area contributed by atoms with Crippen molar-refractivity contribution in [2.75, 3.05) is 7.05 Å². The van der Waals surface area contributed by atoms with Gasteiger partial charge in [0.1, 0.15) is 5.82 Å². The SMILES string of the molecule is CN(Cc1ccc(Cl)s1)C(=O)C1(c2ccc(F)cc2)CC1. The zero-order valence-electron chi connectivity index (χ0n) is 11.6. The predicted molar refractivity (Wildman–Crippen MR) is 83.1 cm³/mol. The van der Waals surface area contributed by atoms with Crippen molar-refractivity contribution in [1.29, 1.82) is 0 Å². The molecule has 3 rings (SSSR count). The highest BCUT2D eigenvalue weighted by molar-refractivity contribution is 7.16. The fourth-order valence-corrected chi connectivity index (χ4v) is 3.77. The second-order valence-electron chi connectivity index (χ2n) is 5.46. The molecule has 1 heterocycles.